The summed E-state index contributed by atoms with van der Waals surface area (Å²) in [5.74, 6) is 0.476. The van der Waals surface area contributed by atoms with Crippen LogP contribution in [0.25, 0.3) is 0 Å². The van der Waals surface area contributed by atoms with Crippen LogP contribution in [0.5, 0.6) is 5.75 Å². The highest BCUT2D eigenvalue weighted by molar-refractivity contribution is 7.79. The third-order valence-corrected chi connectivity index (χ3v) is 2.72. The van der Waals surface area contributed by atoms with Crippen molar-refractivity contribution in [2.24, 2.45) is 0 Å². The van der Waals surface area contributed by atoms with E-state index in [1.54, 1.807) is 6.07 Å². The highest BCUT2D eigenvalue weighted by Crippen LogP contribution is 2.30. The van der Waals surface area contributed by atoms with Gasteiger partial charge in [0.2, 0.25) is 0 Å². The van der Waals surface area contributed by atoms with E-state index in [9.17, 15) is 9.90 Å². The van der Waals surface area contributed by atoms with E-state index in [-0.39, 0.29) is 11.2 Å². The molecule has 0 saturated heterocycles. The third-order valence-electron chi connectivity index (χ3n) is 2.38. The Labute approximate surface area is 95.7 Å². The Hall–Kier alpha value is -0.960. The van der Waals surface area contributed by atoms with Crippen molar-refractivity contribution in [3.05, 3.63) is 28.8 Å². The molecule has 1 rings (SSSR count). The van der Waals surface area contributed by atoms with Gasteiger partial charge in [-0.1, -0.05) is 26.8 Å². The van der Waals surface area contributed by atoms with Crippen molar-refractivity contribution >= 4 is 18.9 Å². The maximum atomic E-state index is 10.8. The first-order chi connectivity index (χ1) is 6.90. The van der Waals surface area contributed by atoms with Gasteiger partial charge in [0.15, 0.2) is 6.29 Å². The maximum Gasteiger partial charge on any atom is 0.153 e. The van der Waals surface area contributed by atoms with Crippen LogP contribution in [0.3, 0.4) is 0 Å². The number of phenolic OH excluding ortho intramolecular Hbond substituents is 1. The van der Waals surface area contributed by atoms with Gasteiger partial charge in [-0.3, -0.25) is 4.79 Å². The summed E-state index contributed by atoms with van der Waals surface area (Å²) >= 11 is 4.13. The second-order valence-electron chi connectivity index (χ2n) is 4.60. The summed E-state index contributed by atoms with van der Waals surface area (Å²) in [5.41, 5.74) is 2.04. The molecule has 0 aliphatic heterocycles. The van der Waals surface area contributed by atoms with E-state index in [0.717, 1.165) is 5.56 Å². The Bertz CT molecular complexity index is 378. The fourth-order valence-corrected chi connectivity index (χ4v) is 1.60. The van der Waals surface area contributed by atoms with E-state index >= 15 is 0 Å². The van der Waals surface area contributed by atoms with E-state index in [1.165, 1.54) is 0 Å². The van der Waals surface area contributed by atoms with Crippen LogP contribution in [-0.4, -0.2) is 11.4 Å². The Morgan fingerprint density at radius 2 is 2.00 bits per heavy atom. The number of rotatable bonds is 2. The molecule has 0 radical (unpaired) electrons. The molecule has 0 heterocycles. The maximum absolute atomic E-state index is 10.8. The first-order valence-electron chi connectivity index (χ1n) is 4.82. The fourth-order valence-electron chi connectivity index (χ4n) is 1.36. The molecule has 0 fully saturated rings. The lowest BCUT2D eigenvalue weighted by atomic mass is 9.85. The zero-order valence-corrected chi connectivity index (χ0v) is 10.1. The van der Waals surface area contributed by atoms with Crippen molar-refractivity contribution in [2.75, 3.05) is 0 Å². The highest BCUT2D eigenvalue weighted by atomic mass is 32.1. The molecule has 1 aromatic carbocycles. The van der Waals surface area contributed by atoms with Gasteiger partial charge in [0, 0.05) is 11.3 Å². The van der Waals surface area contributed by atoms with Crippen molar-refractivity contribution < 1.29 is 9.90 Å². The molecule has 0 bridgehead atoms. The second kappa shape index (κ2) is 4.27. The number of carbonyl (C=O) groups is 1. The number of aldehydes is 1. The average Bonchev–Trinajstić information content (AvgIpc) is 2.16. The van der Waals surface area contributed by atoms with Crippen molar-refractivity contribution in [3.8, 4) is 5.75 Å². The number of carbonyl (C=O) groups excluding carboxylic acids is 1. The molecular weight excluding hydrogens is 208 g/mol. The summed E-state index contributed by atoms with van der Waals surface area (Å²) in [4.78, 5) is 10.8. The molecule has 0 atom stereocenters. The van der Waals surface area contributed by atoms with Crippen LogP contribution in [0.4, 0.5) is 0 Å². The molecule has 0 aliphatic rings. The van der Waals surface area contributed by atoms with Crippen molar-refractivity contribution in [1.82, 2.24) is 0 Å². The highest BCUT2D eigenvalue weighted by Gasteiger charge is 2.17. The summed E-state index contributed by atoms with van der Waals surface area (Å²) in [7, 11) is 0. The van der Waals surface area contributed by atoms with Crippen LogP contribution in [-0.2, 0) is 11.2 Å². The van der Waals surface area contributed by atoms with Gasteiger partial charge in [-0.25, -0.2) is 0 Å². The van der Waals surface area contributed by atoms with Crippen LogP contribution < -0.4 is 0 Å². The molecule has 82 valence electrons. The van der Waals surface area contributed by atoms with Crippen LogP contribution in [0.15, 0.2) is 12.1 Å². The van der Waals surface area contributed by atoms with Crippen LogP contribution >= 0.6 is 12.6 Å². The number of benzene rings is 1. The summed E-state index contributed by atoms with van der Waals surface area (Å²) in [5, 5.41) is 9.70. The Morgan fingerprint density at radius 1 is 1.40 bits per heavy atom. The van der Waals surface area contributed by atoms with Gasteiger partial charge in [-0.15, -0.1) is 0 Å². The predicted molar refractivity (Wildman–Crippen MR) is 64.9 cm³/mol. The van der Waals surface area contributed by atoms with E-state index in [2.05, 4.69) is 33.4 Å². The number of hydrogen-bond acceptors (Lipinski definition) is 3. The molecular formula is C12H16O2S. The van der Waals surface area contributed by atoms with Crippen molar-refractivity contribution in [1.29, 1.82) is 0 Å². The first kappa shape index (κ1) is 12.1. The minimum absolute atomic E-state index is 0.0385. The number of aromatic hydroxyl groups is 1. The Kier molecular flexibility index (Phi) is 3.45. The second-order valence-corrected chi connectivity index (χ2v) is 4.92. The molecule has 0 saturated carbocycles. The molecule has 3 heteroatoms. The van der Waals surface area contributed by atoms with Crippen LogP contribution in [0.1, 0.15) is 42.3 Å². The minimum atomic E-state index is -0.0385. The third kappa shape index (κ3) is 2.53. The zero-order valence-electron chi connectivity index (χ0n) is 9.24. The van der Waals surface area contributed by atoms with Gasteiger partial charge in [0.1, 0.15) is 5.75 Å². The topological polar surface area (TPSA) is 37.3 Å². The van der Waals surface area contributed by atoms with E-state index < -0.39 is 0 Å². The summed E-state index contributed by atoms with van der Waals surface area (Å²) in [6.07, 6.45) is 0.678. The molecule has 0 spiro atoms. The molecule has 1 N–H and O–H groups in total. The Morgan fingerprint density at radius 3 is 2.40 bits per heavy atom. The molecule has 0 amide bonds. The SMILES string of the molecule is CC(C)(C)c1cc(C=O)c(O)c(CS)c1. The normalized spacial score (nSPS) is 11.5. The largest absolute Gasteiger partial charge is 0.507 e. The van der Waals surface area contributed by atoms with Gasteiger partial charge in [0.25, 0.3) is 0 Å². The number of thiol groups is 1. The number of phenols is 1. The standard InChI is InChI=1S/C12H16O2S/c1-12(2,3)10-4-8(6-13)11(14)9(5-10)7-15/h4-6,14-15H,7H2,1-3H3. The van der Waals surface area contributed by atoms with Gasteiger partial charge in [-0.05, 0) is 17.0 Å². The molecule has 0 aromatic heterocycles. The lowest BCUT2D eigenvalue weighted by molar-refractivity contribution is 0.112. The predicted octanol–water partition coefficient (Wildman–Crippen LogP) is 2.93. The lowest BCUT2D eigenvalue weighted by Crippen LogP contribution is -2.12. The zero-order chi connectivity index (χ0) is 11.6. The molecule has 15 heavy (non-hydrogen) atoms. The molecule has 1 aromatic rings. The fraction of sp³-hybridized carbons (Fsp3) is 0.417. The lowest BCUT2D eigenvalue weighted by Gasteiger charge is -2.21. The summed E-state index contributed by atoms with van der Waals surface area (Å²) < 4.78 is 0. The quantitative estimate of drug-likeness (QED) is 0.598. The first-order valence-corrected chi connectivity index (χ1v) is 5.45. The molecule has 2 nitrogen and oxygen atoms in total. The molecule has 0 aliphatic carbocycles. The Balaban J connectivity index is 3.40. The minimum Gasteiger partial charge on any atom is -0.507 e. The van der Waals surface area contributed by atoms with Gasteiger partial charge in [-0.2, -0.15) is 12.6 Å². The van der Waals surface area contributed by atoms with E-state index in [0.29, 0.717) is 23.2 Å². The van der Waals surface area contributed by atoms with Crippen molar-refractivity contribution in [3.63, 3.8) is 0 Å². The van der Waals surface area contributed by atoms with E-state index in [4.69, 9.17) is 0 Å². The summed E-state index contributed by atoms with van der Waals surface area (Å²) in [6.45, 7) is 6.20. The number of hydrogen-bond donors (Lipinski definition) is 2. The van der Waals surface area contributed by atoms with Crippen LogP contribution in [0, 0.1) is 0 Å². The van der Waals surface area contributed by atoms with Crippen molar-refractivity contribution in [2.45, 2.75) is 31.9 Å². The van der Waals surface area contributed by atoms with Crippen LogP contribution in [0.2, 0.25) is 0 Å². The van der Waals surface area contributed by atoms with Gasteiger partial charge < -0.3 is 5.11 Å². The molecule has 0 unspecified atom stereocenters. The van der Waals surface area contributed by atoms with Gasteiger partial charge >= 0.3 is 0 Å². The summed E-state index contributed by atoms with van der Waals surface area (Å²) in [6, 6.07) is 3.63. The van der Waals surface area contributed by atoms with Gasteiger partial charge in [0.05, 0.1) is 5.56 Å². The smallest absolute Gasteiger partial charge is 0.153 e. The monoisotopic (exact) mass is 224 g/mol. The average molecular weight is 224 g/mol. The van der Waals surface area contributed by atoms with E-state index in [1.807, 2.05) is 6.07 Å².